The van der Waals surface area contributed by atoms with Crippen LogP contribution in [0.1, 0.15) is 135 Å². The van der Waals surface area contributed by atoms with Crippen LogP contribution in [-0.2, 0) is 4.65 Å². The van der Waals surface area contributed by atoms with E-state index < -0.39 is 7.32 Å². The summed E-state index contributed by atoms with van der Waals surface area (Å²) in [6.07, 6.45) is 27.1. The van der Waals surface area contributed by atoms with Crippen molar-refractivity contribution < 1.29 is 117 Å². The van der Waals surface area contributed by atoms with Gasteiger partial charge in [-0.25, -0.2) is 0 Å². The zero-order chi connectivity index (χ0) is 19.1. The molecular weight excluding hydrogens is 401 g/mol. The molecule has 0 bridgehead atoms. The summed E-state index contributed by atoms with van der Waals surface area (Å²) in [5.41, 5.74) is 0. The molecule has 0 N–H and O–H groups in total. The van der Waals surface area contributed by atoms with Gasteiger partial charge in [0.25, 0.3) is 0 Å². The summed E-state index contributed by atoms with van der Waals surface area (Å²) in [6, 6.07) is 0. The molecule has 0 heterocycles. The van der Waals surface area contributed by atoms with Crippen LogP contribution < -0.4 is 113 Å². The predicted octanol–water partition coefficient (Wildman–Crippen LogP) is -0.462. The van der Waals surface area contributed by atoms with E-state index in [1.165, 1.54) is 116 Å². The van der Waals surface area contributed by atoms with E-state index in [9.17, 15) is 10.0 Å². The van der Waals surface area contributed by atoms with Gasteiger partial charge in [-0.3, -0.25) is 0 Å². The molecule has 28 heavy (non-hydrogen) atoms. The Morgan fingerprint density at radius 1 is 0.464 bits per heavy atom. The molecular formula is C22H45BK2O3. The van der Waals surface area contributed by atoms with Gasteiger partial charge < -0.3 is 14.7 Å². The largest absolute Gasteiger partial charge is 1.00 e. The van der Waals surface area contributed by atoms with E-state index in [0.717, 1.165) is 12.8 Å². The van der Waals surface area contributed by atoms with Crippen molar-refractivity contribution >= 4 is 7.32 Å². The Morgan fingerprint density at radius 2 is 0.714 bits per heavy atom. The summed E-state index contributed by atoms with van der Waals surface area (Å²) >= 11 is 0. The SMILES string of the molecule is CCCCCCCCCCCCCCCCCCCCCCOB([O-])[O-].[K+].[K+]. The summed E-state index contributed by atoms with van der Waals surface area (Å²) in [4.78, 5) is 0. The second-order valence-electron chi connectivity index (χ2n) is 7.88. The van der Waals surface area contributed by atoms with E-state index in [2.05, 4.69) is 11.6 Å². The first-order valence-electron chi connectivity index (χ1n) is 11.7. The van der Waals surface area contributed by atoms with Crippen LogP contribution in [0.4, 0.5) is 0 Å². The van der Waals surface area contributed by atoms with E-state index in [-0.39, 0.29) is 103 Å². The topological polar surface area (TPSA) is 55.3 Å². The first-order chi connectivity index (χ1) is 12.8. The third kappa shape index (κ3) is 33.8. The van der Waals surface area contributed by atoms with Crippen LogP contribution in [0.25, 0.3) is 0 Å². The summed E-state index contributed by atoms with van der Waals surface area (Å²) in [6.45, 7) is 2.61. The molecule has 0 fully saturated rings. The van der Waals surface area contributed by atoms with Gasteiger partial charge in [0.1, 0.15) is 0 Å². The second-order valence-corrected chi connectivity index (χ2v) is 7.88. The summed E-state index contributed by atoms with van der Waals surface area (Å²) < 4.78 is 4.47. The fourth-order valence-electron chi connectivity index (χ4n) is 3.54. The molecule has 156 valence electrons. The molecule has 0 amide bonds. The van der Waals surface area contributed by atoms with Crippen molar-refractivity contribution in [2.24, 2.45) is 0 Å². The van der Waals surface area contributed by atoms with E-state index in [1.54, 1.807) is 0 Å². The molecule has 0 spiro atoms. The van der Waals surface area contributed by atoms with Gasteiger partial charge >= 0.3 is 103 Å². The van der Waals surface area contributed by atoms with Crippen LogP contribution in [-0.4, -0.2) is 13.9 Å². The first-order valence-corrected chi connectivity index (χ1v) is 11.7. The van der Waals surface area contributed by atoms with Gasteiger partial charge in [-0.15, -0.1) is 0 Å². The van der Waals surface area contributed by atoms with Gasteiger partial charge in [-0.2, -0.15) is 0 Å². The first kappa shape index (κ1) is 35.8. The van der Waals surface area contributed by atoms with Crippen molar-refractivity contribution in [3.8, 4) is 0 Å². The van der Waals surface area contributed by atoms with Crippen LogP contribution in [0.2, 0.25) is 0 Å². The molecule has 6 heteroatoms. The average Bonchev–Trinajstić information content (AvgIpc) is 2.62. The fraction of sp³-hybridized carbons (Fsp3) is 1.00. The normalized spacial score (nSPS) is 10.4. The van der Waals surface area contributed by atoms with Crippen molar-refractivity contribution in [3.05, 3.63) is 0 Å². The minimum absolute atomic E-state index is 0. The van der Waals surface area contributed by atoms with Gasteiger partial charge in [0.15, 0.2) is 0 Å². The van der Waals surface area contributed by atoms with Crippen LogP contribution in [0.3, 0.4) is 0 Å². The quantitative estimate of drug-likeness (QED) is 0.167. The van der Waals surface area contributed by atoms with Crippen LogP contribution in [0.15, 0.2) is 0 Å². The number of rotatable bonds is 22. The molecule has 0 aliphatic carbocycles. The number of unbranched alkanes of at least 4 members (excludes halogenated alkanes) is 19. The molecule has 0 aromatic carbocycles. The minimum atomic E-state index is -2.10. The van der Waals surface area contributed by atoms with E-state index in [4.69, 9.17) is 0 Å². The zero-order valence-corrected chi connectivity index (χ0v) is 25.9. The maximum atomic E-state index is 10.2. The summed E-state index contributed by atoms with van der Waals surface area (Å²) in [5, 5.41) is 20.3. The van der Waals surface area contributed by atoms with Gasteiger partial charge in [-0.1, -0.05) is 129 Å². The maximum absolute atomic E-state index is 10.2. The smallest absolute Gasteiger partial charge is 0.871 e. The van der Waals surface area contributed by atoms with Gasteiger partial charge in [0.2, 0.25) is 0 Å². The van der Waals surface area contributed by atoms with E-state index >= 15 is 0 Å². The molecule has 0 aliphatic rings. The molecule has 0 aromatic heterocycles. The monoisotopic (exact) mass is 446 g/mol. The Hall–Kier alpha value is 3.22. The zero-order valence-electron chi connectivity index (χ0n) is 19.7. The average molecular weight is 447 g/mol. The van der Waals surface area contributed by atoms with Gasteiger partial charge in [0, 0.05) is 6.61 Å². The molecule has 0 atom stereocenters. The molecule has 0 unspecified atom stereocenters. The Kier molecular flexibility index (Phi) is 41.4. The molecule has 0 saturated heterocycles. The van der Waals surface area contributed by atoms with Crippen LogP contribution in [0, 0.1) is 0 Å². The third-order valence-electron chi connectivity index (χ3n) is 5.25. The Bertz CT molecular complexity index is 260. The molecule has 0 aliphatic heterocycles. The maximum Gasteiger partial charge on any atom is 1.00 e. The van der Waals surface area contributed by atoms with E-state index in [0.29, 0.717) is 6.61 Å². The molecule has 0 radical (unpaired) electrons. The van der Waals surface area contributed by atoms with Gasteiger partial charge in [0.05, 0.1) is 7.32 Å². The van der Waals surface area contributed by atoms with Crippen molar-refractivity contribution in [1.82, 2.24) is 0 Å². The summed E-state index contributed by atoms with van der Waals surface area (Å²) in [5.74, 6) is 0. The number of hydrogen-bond acceptors (Lipinski definition) is 3. The van der Waals surface area contributed by atoms with Gasteiger partial charge in [-0.05, 0) is 6.42 Å². The van der Waals surface area contributed by atoms with Crippen LogP contribution >= 0.6 is 0 Å². The van der Waals surface area contributed by atoms with Crippen molar-refractivity contribution in [1.29, 1.82) is 0 Å². The molecule has 0 saturated carbocycles. The summed E-state index contributed by atoms with van der Waals surface area (Å²) in [7, 11) is -2.10. The standard InChI is InChI=1S/C22H45BO3.2K/c1-2-3-4-5-6-7-8-9-10-11-12-13-14-15-16-17-18-19-20-21-22-26-23(24)25;;/h2-22H2,1H3;;/q-2;2*+1. The molecule has 0 rings (SSSR count). The predicted molar refractivity (Wildman–Crippen MR) is 110 cm³/mol. The molecule has 0 aromatic rings. The molecule has 3 nitrogen and oxygen atoms in total. The Balaban J connectivity index is -0.00000312. The van der Waals surface area contributed by atoms with Crippen LogP contribution in [0.5, 0.6) is 0 Å². The van der Waals surface area contributed by atoms with Crippen molar-refractivity contribution in [2.75, 3.05) is 6.61 Å². The van der Waals surface area contributed by atoms with Crippen molar-refractivity contribution in [3.63, 3.8) is 0 Å². The third-order valence-corrected chi connectivity index (χ3v) is 5.25. The second kappa shape index (κ2) is 32.4. The fourth-order valence-corrected chi connectivity index (χ4v) is 3.54. The van der Waals surface area contributed by atoms with Crippen molar-refractivity contribution in [2.45, 2.75) is 135 Å². The number of hydrogen-bond donors (Lipinski definition) is 0. The Labute approximate surface area is 262 Å². The minimum Gasteiger partial charge on any atom is -0.871 e. The van der Waals surface area contributed by atoms with E-state index in [1.807, 2.05) is 0 Å². The Morgan fingerprint density at radius 3 is 0.964 bits per heavy atom.